The first kappa shape index (κ1) is 18.8. The van der Waals surface area contributed by atoms with Gasteiger partial charge in [-0.15, -0.1) is 0 Å². The van der Waals surface area contributed by atoms with E-state index >= 15 is 0 Å². The van der Waals surface area contributed by atoms with Crippen molar-refractivity contribution >= 4 is 29.1 Å². The first-order valence-electron chi connectivity index (χ1n) is 6.96. The van der Waals surface area contributed by atoms with Crippen LogP contribution in [-0.2, 0) is 11.0 Å². The second kappa shape index (κ2) is 7.56. The molecule has 5 nitrogen and oxygen atoms in total. The maximum absolute atomic E-state index is 12.5. The maximum atomic E-state index is 12.5. The van der Waals surface area contributed by atoms with Crippen LogP contribution in [0.1, 0.15) is 22.8 Å². The van der Waals surface area contributed by atoms with Gasteiger partial charge in [-0.25, -0.2) is 4.98 Å². The summed E-state index contributed by atoms with van der Waals surface area (Å²) in [6.07, 6.45) is -3.75. The van der Waals surface area contributed by atoms with Gasteiger partial charge in [0, 0.05) is 18.7 Å². The number of nitrogens with one attached hydrogen (secondary N) is 1. The molecule has 132 valence electrons. The number of alkyl halides is 3. The third kappa shape index (κ3) is 5.21. The lowest BCUT2D eigenvalue weighted by Gasteiger charge is -2.08. The van der Waals surface area contributed by atoms with Crippen molar-refractivity contribution in [2.24, 2.45) is 0 Å². The number of phenols is 1. The molecule has 0 radical (unpaired) electrons. The van der Waals surface area contributed by atoms with Gasteiger partial charge in [0.2, 0.25) is 5.91 Å². The Bertz CT molecular complexity index is 792. The van der Waals surface area contributed by atoms with E-state index < -0.39 is 17.6 Å². The van der Waals surface area contributed by atoms with Crippen molar-refractivity contribution in [1.29, 1.82) is 0 Å². The SMILES string of the molecule is CC(=O)Nc1cc(C(=O)CSc2ccc(C(F)(F)F)cn2)ccc1O. The molecule has 1 amide bonds. The number of carbonyl (C=O) groups is 2. The average molecular weight is 370 g/mol. The van der Waals surface area contributed by atoms with Gasteiger partial charge in [-0.2, -0.15) is 13.2 Å². The van der Waals surface area contributed by atoms with Crippen LogP contribution in [0.2, 0.25) is 0 Å². The number of aromatic nitrogens is 1. The van der Waals surface area contributed by atoms with Crippen LogP contribution in [-0.4, -0.2) is 27.5 Å². The number of hydrogen-bond donors (Lipinski definition) is 2. The molecule has 0 bridgehead atoms. The minimum Gasteiger partial charge on any atom is -0.506 e. The van der Waals surface area contributed by atoms with Gasteiger partial charge in [0.15, 0.2) is 5.78 Å². The summed E-state index contributed by atoms with van der Waals surface area (Å²) in [4.78, 5) is 26.9. The standard InChI is InChI=1S/C16H13F3N2O3S/c1-9(22)21-12-6-10(2-4-13(12)23)14(24)8-25-15-5-3-11(7-20-15)16(17,18)19/h2-7,23H,8H2,1H3,(H,21,22). The lowest BCUT2D eigenvalue weighted by atomic mass is 10.1. The predicted octanol–water partition coefficient (Wildman–Crippen LogP) is 3.74. The molecule has 1 aromatic heterocycles. The lowest BCUT2D eigenvalue weighted by Crippen LogP contribution is -2.08. The molecule has 0 saturated carbocycles. The molecule has 0 aliphatic heterocycles. The highest BCUT2D eigenvalue weighted by atomic mass is 32.2. The number of thioether (sulfide) groups is 1. The van der Waals surface area contributed by atoms with Gasteiger partial charge >= 0.3 is 6.18 Å². The highest BCUT2D eigenvalue weighted by molar-refractivity contribution is 7.99. The fraction of sp³-hybridized carbons (Fsp3) is 0.188. The number of phenolic OH excluding ortho intramolecular Hbond substituents is 1. The summed E-state index contributed by atoms with van der Waals surface area (Å²) in [6, 6.07) is 6.10. The third-order valence-corrected chi connectivity index (χ3v) is 3.99. The molecule has 25 heavy (non-hydrogen) atoms. The van der Waals surface area contributed by atoms with Crippen LogP contribution >= 0.6 is 11.8 Å². The molecule has 2 aromatic rings. The van der Waals surface area contributed by atoms with Crippen LogP contribution in [0.5, 0.6) is 5.75 Å². The number of aromatic hydroxyl groups is 1. The van der Waals surface area contributed by atoms with E-state index in [4.69, 9.17) is 0 Å². The van der Waals surface area contributed by atoms with Crippen LogP contribution in [0.4, 0.5) is 18.9 Å². The molecular formula is C16H13F3N2O3S. The van der Waals surface area contributed by atoms with E-state index in [1.165, 1.54) is 31.2 Å². The number of anilines is 1. The number of rotatable bonds is 5. The van der Waals surface area contributed by atoms with Crippen LogP contribution in [0.25, 0.3) is 0 Å². The molecular weight excluding hydrogens is 357 g/mol. The number of hydrogen-bond acceptors (Lipinski definition) is 5. The number of ketones is 1. The normalized spacial score (nSPS) is 11.2. The summed E-state index contributed by atoms with van der Waals surface area (Å²) in [5, 5.41) is 12.3. The van der Waals surface area contributed by atoms with E-state index in [1.807, 2.05) is 0 Å². The third-order valence-electron chi connectivity index (χ3n) is 3.04. The van der Waals surface area contributed by atoms with Gasteiger partial charge < -0.3 is 10.4 Å². The number of Topliss-reactive ketones (excluding diaryl/α,β-unsaturated/α-hetero) is 1. The predicted molar refractivity (Wildman–Crippen MR) is 86.7 cm³/mol. The Balaban J connectivity index is 2.04. The van der Waals surface area contributed by atoms with Crippen LogP contribution in [0.3, 0.4) is 0 Å². The summed E-state index contributed by atoms with van der Waals surface area (Å²) in [5.74, 6) is -0.951. The van der Waals surface area contributed by atoms with Crippen LogP contribution in [0, 0.1) is 0 Å². The number of carbonyl (C=O) groups excluding carboxylic acids is 2. The second-order valence-electron chi connectivity index (χ2n) is 5.01. The van der Waals surface area contributed by atoms with Crippen molar-refractivity contribution in [3.8, 4) is 5.75 Å². The number of benzene rings is 1. The van der Waals surface area contributed by atoms with E-state index in [2.05, 4.69) is 10.3 Å². The van der Waals surface area contributed by atoms with E-state index in [0.717, 1.165) is 17.8 Å². The average Bonchev–Trinajstić information content (AvgIpc) is 2.54. The fourth-order valence-corrected chi connectivity index (χ4v) is 2.59. The van der Waals surface area contributed by atoms with Crippen LogP contribution < -0.4 is 5.32 Å². The van der Waals surface area contributed by atoms with Crippen molar-refractivity contribution in [2.75, 3.05) is 11.1 Å². The topological polar surface area (TPSA) is 79.3 Å². The molecule has 0 aliphatic rings. The quantitative estimate of drug-likeness (QED) is 0.476. The van der Waals surface area contributed by atoms with Crippen molar-refractivity contribution in [3.63, 3.8) is 0 Å². The van der Waals surface area contributed by atoms with Gasteiger partial charge in [0.1, 0.15) is 5.75 Å². The molecule has 0 aliphatic carbocycles. The monoisotopic (exact) mass is 370 g/mol. The molecule has 0 fully saturated rings. The van der Waals surface area contributed by atoms with Gasteiger partial charge in [-0.1, -0.05) is 11.8 Å². The Morgan fingerprint density at radius 3 is 2.52 bits per heavy atom. The smallest absolute Gasteiger partial charge is 0.417 e. The van der Waals surface area contributed by atoms with Gasteiger partial charge in [-0.05, 0) is 30.3 Å². The van der Waals surface area contributed by atoms with Crippen molar-refractivity contribution < 1.29 is 27.9 Å². The van der Waals surface area contributed by atoms with Crippen molar-refractivity contribution in [2.45, 2.75) is 18.1 Å². The maximum Gasteiger partial charge on any atom is 0.417 e. The molecule has 2 rings (SSSR count). The fourth-order valence-electron chi connectivity index (χ4n) is 1.86. The number of halogens is 3. The second-order valence-corrected chi connectivity index (χ2v) is 6.00. The van der Waals surface area contributed by atoms with Crippen molar-refractivity contribution in [3.05, 3.63) is 47.7 Å². The summed E-state index contributed by atoms with van der Waals surface area (Å²) in [7, 11) is 0. The molecule has 0 unspecified atom stereocenters. The Kier molecular flexibility index (Phi) is 5.68. The van der Waals surface area contributed by atoms with E-state index in [0.29, 0.717) is 6.20 Å². The first-order valence-corrected chi connectivity index (χ1v) is 7.95. The van der Waals surface area contributed by atoms with E-state index in [1.54, 1.807) is 0 Å². The Hall–Kier alpha value is -2.55. The molecule has 0 atom stereocenters. The van der Waals surface area contributed by atoms with Crippen molar-refractivity contribution in [1.82, 2.24) is 4.98 Å². The van der Waals surface area contributed by atoms with E-state index in [9.17, 15) is 27.9 Å². The molecule has 1 aromatic carbocycles. The minimum absolute atomic E-state index is 0.0529. The Labute approximate surface area is 145 Å². The molecule has 1 heterocycles. The Morgan fingerprint density at radius 2 is 1.96 bits per heavy atom. The lowest BCUT2D eigenvalue weighted by molar-refractivity contribution is -0.137. The largest absolute Gasteiger partial charge is 0.506 e. The number of nitrogens with zero attached hydrogens (tertiary/aromatic N) is 1. The first-order chi connectivity index (χ1) is 11.7. The molecule has 0 spiro atoms. The summed E-state index contributed by atoms with van der Waals surface area (Å²) in [6.45, 7) is 1.26. The zero-order chi connectivity index (χ0) is 18.6. The minimum atomic E-state index is -4.46. The molecule has 0 saturated heterocycles. The molecule has 2 N–H and O–H groups in total. The van der Waals surface area contributed by atoms with Crippen LogP contribution in [0.15, 0.2) is 41.6 Å². The highest BCUT2D eigenvalue weighted by Gasteiger charge is 2.30. The zero-order valence-corrected chi connectivity index (χ0v) is 13.7. The number of pyridine rings is 1. The number of amides is 1. The van der Waals surface area contributed by atoms with E-state index in [-0.39, 0.29) is 33.6 Å². The highest BCUT2D eigenvalue weighted by Crippen LogP contribution is 2.30. The molecule has 9 heteroatoms. The Morgan fingerprint density at radius 1 is 1.24 bits per heavy atom. The van der Waals surface area contributed by atoms with Gasteiger partial charge in [-0.3, -0.25) is 9.59 Å². The summed E-state index contributed by atoms with van der Waals surface area (Å²) >= 11 is 0.989. The van der Waals surface area contributed by atoms with Gasteiger partial charge in [0.05, 0.1) is 22.0 Å². The summed E-state index contributed by atoms with van der Waals surface area (Å²) < 4.78 is 37.4. The van der Waals surface area contributed by atoms with Gasteiger partial charge in [0.25, 0.3) is 0 Å². The zero-order valence-electron chi connectivity index (χ0n) is 12.9. The summed E-state index contributed by atoms with van der Waals surface area (Å²) in [5.41, 5.74) is -0.501.